The van der Waals surface area contributed by atoms with Gasteiger partial charge in [-0.2, -0.15) is 0 Å². The number of nitrogens with one attached hydrogen (secondary N) is 1. The minimum absolute atomic E-state index is 0.313. The molecule has 1 rings (SSSR count). The smallest absolute Gasteiger partial charge is 0.252 e. The fraction of sp³-hybridized carbons (Fsp3) is 0.417. The molecule has 0 aliphatic rings. The number of nitrogens with two attached hydrogens (primary N) is 1. The van der Waals surface area contributed by atoms with Gasteiger partial charge >= 0.3 is 0 Å². The molecule has 0 aromatic heterocycles. The molecular weight excluding hydrogens is 240 g/mol. The molecule has 0 fully saturated rings. The van der Waals surface area contributed by atoms with Gasteiger partial charge in [-0.1, -0.05) is 18.5 Å². The minimum atomic E-state index is -0.538. The summed E-state index contributed by atoms with van der Waals surface area (Å²) in [5.74, 6) is -0.0655. The first-order valence-corrected chi connectivity index (χ1v) is 5.95. The molecule has 94 valence electrons. The van der Waals surface area contributed by atoms with Gasteiger partial charge in [0.25, 0.3) is 5.91 Å². The van der Waals surface area contributed by atoms with Crippen LogP contribution in [0.4, 0.5) is 0 Å². The third-order valence-corrected chi connectivity index (χ3v) is 2.41. The maximum Gasteiger partial charge on any atom is 0.252 e. The Balaban J connectivity index is 2.55. The van der Waals surface area contributed by atoms with E-state index in [1.807, 2.05) is 0 Å². The maximum atomic E-state index is 11.2. The van der Waals surface area contributed by atoms with Crippen molar-refractivity contribution in [2.45, 2.75) is 13.3 Å². The van der Waals surface area contributed by atoms with E-state index in [0.29, 0.717) is 22.9 Å². The summed E-state index contributed by atoms with van der Waals surface area (Å²) < 4.78 is 5.48. The Hall–Kier alpha value is -1.26. The van der Waals surface area contributed by atoms with Gasteiger partial charge in [-0.15, -0.1) is 0 Å². The molecule has 0 atom stereocenters. The van der Waals surface area contributed by atoms with E-state index in [4.69, 9.17) is 22.1 Å². The van der Waals surface area contributed by atoms with Crippen LogP contribution < -0.4 is 15.8 Å². The molecule has 0 heterocycles. The van der Waals surface area contributed by atoms with Gasteiger partial charge in [0.1, 0.15) is 12.4 Å². The molecular formula is C12H17ClN2O2. The predicted molar refractivity (Wildman–Crippen MR) is 68.6 cm³/mol. The first-order valence-electron chi connectivity index (χ1n) is 5.58. The Morgan fingerprint density at radius 2 is 2.24 bits per heavy atom. The van der Waals surface area contributed by atoms with E-state index in [9.17, 15) is 4.79 Å². The number of hydrogen-bond acceptors (Lipinski definition) is 3. The summed E-state index contributed by atoms with van der Waals surface area (Å²) in [4.78, 5) is 11.2. The highest BCUT2D eigenvalue weighted by molar-refractivity contribution is 6.31. The second kappa shape index (κ2) is 7.14. The summed E-state index contributed by atoms with van der Waals surface area (Å²) >= 11 is 5.79. The lowest BCUT2D eigenvalue weighted by molar-refractivity contribution is 0.0996. The highest BCUT2D eigenvalue weighted by atomic mass is 35.5. The van der Waals surface area contributed by atoms with Crippen molar-refractivity contribution < 1.29 is 9.53 Å². The summed E-state index contributed by atoms with van der Waals surface area (Å²) in [6, 6.07) is 4.84. The number of amides is 1. The third-order valence-electron chi connectivity index (χ3n) is 2.17. The number of rotatable bonds is 7. The van der Waals surface area contributed by atoms with Crippen molar-refractivity contribution in [1.82, 2.24) is 5.32 Å². The maximum absolute atomic E-state index is 11.2. The average molecular weight is 257 g/mol. The van der Waals surface area contributed by atoms with Crippen LogP contribution in [0.3, 0.4) is 0 Å². The third kappa shape index (κ3) is 4.63. The monoisotopic (exact) mass is 256 g/mol. The van der Waals surface area contributed by atoms with Gasteiger partial charge in [0.2, 0.25) is 0 Å². The van der Waals surface area contributed by atoms with Crippen molar-refractivity contribution in [3.63, 3.8) is 0 Å². The van der Waals surface area contributed by atoms with Gasteiger partial charge in [0.15, 0.2) is 0 Å². The first-order chi connectivity index (χ1) is 8.15. The Morgan fingerprint density at radius 3 is 2.88 bits per heavy atom. The molecule has 1 aromatic carbocycles. The van der Waals surface area contributed by atoms with E-state index in [0.717, 1.165) is 19.5 Å². The number of halogens is 1. The quantitative estimate of drug-likeness (QED) is 0.732. The lowest BCUT2D eigenvalue weighted by Gasteiger charge is -2.10. The summed E-state index contributed by atoms with van der Waals surface area (Å²) in [6.07, 6.45) is 1.08. The fourth-order valence-electron chi connectivity index (χ4n) is 1.36. The van der Waals surface area contributed by atoms with Crippen LogP contribution in [-0.2, 0) is 0 Å². The number of carbonyl (C=O) groups excluding carboxylic acids is 1. The molecule has 17 heavy (non-hydrogen) atoms. The summed E-state index contributed by atoms with van der Waals surface area (Å²) in [5.41, 5.74) is 5.56. The molecule has 0 aliphatic carbocycles. The van der Waals surface area contributed by atoms with Gasteiger partial charge in [0.05, 0.1) is 5.56 Å². The Bertz CT molecular complexity index is 383. The highest BCUT2D eigenvalue weighted by Crippen LogP contribution is 2.22. The molecule has 0 radical (unpaired) electrons. The van der Waals surface area contributed by atoms with Crippen LogP contribution in [-0.4, -0.2) is 25.6 Å². The molecule has 0 saturated heterocycles. The van der Waals surface area contributed by atoms with E-state index < -0.39 is 5.91 Å². The fourth-order valence-corrected chi connectivity index (χ4v) is 1.53. The van der Waals surface area contributed by atoms with Crippen molar-refractivity contribution in [1.29, 1.82) is 0 Å². The number of ether oxygens (including phenoxy) is 1. The van der Waals surface area contributed by atoms with Crippen LogP contribution in [0.1, 0.15) is 23.7 Å². The number of benzene rings is 1. The summed E-state index contributed by atoms with van der Waals surface area (Å²) in [6.45, 7) is 4.27. The predicted octanol–water partition coefficient (Wildman–Crippen LogP) is 1.82. The van der Waals surface area contributed by atoms with Crippen molar-refractivity contribution in [3.05, 3.63) is 28.8 Å². The molecule has 3 N–H and O–H groups in total. The zero-order valence-electron chi connectivity index (χ0n) is 9.83. The standard InChI is InChI=1S/C12H17ClN2O2/c1-2-5-15-6-7-17-11-4-3-9(13)8-10(11)12(14)16/h3-4,8,15H,2,5-7H2,1H3,(H2,14,16). The van der Waals surface area contributed by atoms with Crippen molar-refractivity contribution in [3.8, 4) is 5.75 Å². The van der Waals surface area contributed by atoms with Crippen molar-refractivity contribution in [2.75, 3.05) is 19.7 Å². The molecule has 0 unspecified atom stereocenters. The number of hydrogen-bond donors (Lipinski definition) is 2. The SMILES string of the molecule is CCCNCCOc1ccc(Cl)cc1C(N)=O. The van der Waals surface area contributed by atoms with Gasteiger partial charge in [-0.05, 0) is 31.2 Å². The largest absolute Gasteiger partial charge is 0.491 e. The molecule has 1 amide bonds. The lowest BCUT2D eigenvalue weighted by Crippen LogP contribution is -2.22. The Kier molecular flexibility index (Phi) is 5.80. The second-order valence-corrected chi connectivity index (χ2v) is 4.04. The van der Waals surface area contributed by atoms with Gasteiger partial charge in [0, 0.05) is 11.6 Å². The molecule has 0 spiro atoms. The molecule has 0 saturated carbocycles. The van der Waals surface area contributed by atoms with E-state index in [1.54, 1.807) is 12.1 Å². The molecule has 1 aromatic rings. The van der Waals surface area contributed by atoms with E-state index >= 15 is 0 Å². The van der Waals surface area contributed by atoms with Crippen LogP contribution in [0.25, 0.3) is 0 Å². The molecule has 4 nitrogen and oxygen atoms in total. The topological polar surface area (TPSA) is 64.3 Å². The first kappa shape index (κ1) is 13.8. The van der Waals surface area contributed by atoms with E-state index in [2.05, 4.69) is 12.2 Å². The summed E-state index contributed by atoms with van der Waals surface area (Å²) in [5, 5.41) is 3.67. The zero-order valence-corrected chi connectivity index (χ0v) is 10.6. The van der Waals surface area contributed by atoms with E-state index in [-0.39, 0.29) is 0 Å². The van der Waals surface area contributed by atoms with Crippen LogP contribution in [0, 0.1) is 0 Å². The van der Waals surface area contributed by atoms with Crippen LogP contribution in [0.5, 0.6) is 5.75 Å². The van der Waals surface area contributed by atoms with Gasteiger partial charge < -0.3 is 15.8 Å². The van der Waals surface area contributed by atoms with Gasteiger partial charge in [-0.25, -0.2) is 0 Å². The van der Waals surface area contributed by atoms with E-state index in [1.165, 1.54) is 6.07 Å². The lowest BCUT2D eigenvalue weighted by atomic mass is 10.2. The second-order valence-electron chi connectivity index (χ2n) is 3.60. The Labute approximate surface area is 106 Å². The van der Waals surface area contributed by atoms with Gasteiger partial charge in [-0.3, -0.25) is 4.79 Å². The molecule has 0 bridgehead atoms. The minimum Gasteiger partial charge on any atom is -0.491 e. The highest BCUT2D eigenvalue weighted by Gasteiger charge is 2.09. The molecule has 0 aliphatic heterocycles. The normalized spacial score (nSPS) is 10.2. The van der Waals surface area contributed by atoms with Crippen LogP contribution in [0.15, 0.2) is 18.2 Å². The van der Waals surface area contributed by atoms with Crippen LogP contribution in [0.2, 0.25) is 5.02 Å². The van der Waals surface area contributed by atoms with Crippen molar-refractivity contribution >= 4 is 17.5 Å². The average Bonchev–Trinajstić information content (AvgIpc) is 2.30. The Morgan fingerprint density at radius 1 is 1.47 bits per heavy atom. The van der Waals surface area contributed by atoms with Crippen LogP contribution >= 0.6 is 11.6 Å². The summed E-state index contributed by atoms with van der Waals surface area (Å²) in [7, 11) is 0. The zero-order chi connectivity index (χ0) is 12.7. The molecule has 5 heteroatoms. The van der Waals surface area contributed by atoms with Crippen molar-refractivity contribution in [2.24, 2.45) is 5.73 Å². The number of primary amides is 1. The number of carbonyl (C=O) groups is 1.